The number of nitrogens with zero attached hydrogens (tertiary/aromatic N) is 1. The summed E-state index contributed by atoms with van der Waals surface area (Å²) in [6, 6.07) is 5.61. The van der Waals surface area contributed by atoms with E-state index < -0.39 is 0 Å². The van der Waals surface area contributed by atoms with Crippen molar-refractivity contribution in [3.05, 3.63) is 30.0 Å². The van der Waals surface area contributed by atoms with E-state index in [9.17, 15) is 4.79 Å². The predicted molar refractivity (Wildman–Crippen MR) is 74.1 cm³/mol. The van der Waals surface area contributed by atoms with Gasteiger partial charge in [0.15, 0.2) is 0 Å². The summed E-state index contributed by atoms with van der Waals surface area (Å²) in [5, 5.41) is 14.3. The molecule has 0 saturated carbocycles. The van der Waals surface area contributed by atoms with Crippen LogP contribution < -0.4 is 10.6 Å². The Morgan fingerprint density at radius 1 is 1.37 bits per heavy atom. The number of benzene rings is 1. The number of H-pyrrole nitrogens is 1. The summed E-state index contributed by atoms with van der Waals surface area (Å²) in [5.41, 5.74) is 1.46. The van der Waals surface area contributed by atoms with E-state index in [2.05, 4.69) is 27.8 Å². The lowest BCUT2D eigenvalue weighted by Gasteiger charge is -2.35. The number of hydrogen-bond donors (Lipinski definition) is 3. The van der Waals surface area contributed by atoms with Gasteiger partial charge in [-0.2, -0.15) is 5.10 Å². The highest BCUT2D eigenvalue weighted by atomic mass is 16.1. The van der Waals surface area contributed by atoms with Crippen molar-refractivity contribution >= 4 is 16.8 Å². The zero-order valence-corrected chi connectivity index (χ0v) is 11.0. The summed E-state index contributed by atoms with van der Waals surface area (Å²) >= 11 is 0. The smallest absolute Gasteiger partial charge is 0.251 e. The fourth-order valence-electron chi connectivity index (χ4n) is 2.53. The van der Waals surface area contributed by atoms with E-state index in [0.717, 1.165) is 36.8 Å². The molecule has 0 aliphatic carbocycles. The molecule has 1 amide bonds. The van der Waals surface area contributed by atoms with Crippen LogP contribution in [0.15, 0.2) is 24.4 Å². The zero-order chi connectivity index (χ0) is 13.3. The Kier molecular flexibility index (Phi) is 2.98. The van der Waals surface area contributed by atoms with E-state index in [1.54, 1.807) is 6.20 Å². The minimum absolute atomic E-state index is 0.0131. The van der Waals surface area contributed by atoms with Crippen LogP contribution in [-0.4, -0.2) is 34.7 Å². The maximum absolute atomic E-state index is 12.3. The molecule has 1 aromatic heterocycles. The van der Waals surface area contributed by atoms with Crippen LogP contribution in [0.3, 0.4) is 0 Å². The van der Waals surface area contributed by atoms with E-state index in [-0.39, 0.29) is 11.4 Å². The number of hydrogen-bond acceptors (Lipinski definition) is 3. The number of carbonyl (C=O) groups excluding carboxylic acids is 1. The first-order valence-electron chi connectivity index (χ1n) is 6.63. The molecule has 1 fully saturated rings. The number of nitrogens with one attached hydrogen (secondary N) is 3. The van der Waals surface area contributed by atoms with Crippen molar-refractivity contribution in [3.63, 3.8) is 0 Å². The van der Waals surface area contributed by atoms with E-state index in [4.69, 9.17) is 0 Å². The number of carbonyl (C=O) groups is 1. The standard InChI is InChI=1S/C14H18N4O/c1-14(4-6-15-7-5-14)17-13(19)10-2-3-11-9-16-18-12(11)8-10/h2-3,8-9,15H,4-7H2,1H3,(H,16,18)(H,17,19). The lowest BCUT2D eigenvalue weighted by Crippen LogP contribution is -2.52. The largest absolute Gasteiger partial charge is 0.347 e. The maximum atomic E-state index is 12.3. The van der Waals surface area contributed by atoms with Crippen molar-refractivity contribution in [1.82, 2.24) is 20.8 Å². The second kappa shape index (κ2) is 4.66. The van der Waals surface area contributed by atoms with Gasteiger partial charge in [0.05, 0.1) is 11.7 Å². The molecule has 2 aromatic rings. The molecule has 0 atom stereocenters. The molecule has 0 spiro atoms. The number of piperidine rings is 1. The maximum Gasteiger partial charge on any atom is 0.251 e. The minimum Gasteiger partial charge on any atom is -0.347 e. The van der Waals surface area contributed by atoms with Crippen molar-refractivity contribution in [3.8, 4) is 0 Å². The van der Waals surface area contributed by atoms with Gasteiger partial charge in [0.1, 0.15) is 0 Å². The third-order valence-corrected chi connectivity index (χ3v) is 3.83. The molecule has 0 radical (unpaired) electrons. The van der Waals surface area contributed by atoms with E-state index in [0.29, 0.717) is 5.56 Å². The molecule has 5 nitrogen and oxygen atoms in total. The van der Waals surface area contributed by atoms with Gasteiger partial charge in [-0.15, -0.1) is 0 Å². The van der Waals surface area contributed by atoms with Gasteiger partial charge in [-0.3, -0.25) is 9.89 Å². The number of rotatable bonds is 2. The Labute approximate surface area is 111 Å². The van der Waals surface area contributed by atoms with Crippen LogP contribution in [0.25, 0.3) is 10.9 Å². The van der Waals surface area contributed by atoms with Gasteiger partial charge in [-0.1, -0.05) is 6.07 Å². The van der Waals surface area contributed by atoms with Crippen LogP contribution in [-0.2, 0) is 0 Å². The molecule has 100 valence electrons. The number of fused-ring (bicyclic) bond motifs is 1. The molecule has 1 saturated heterocycles. The van der Waals surface area contributed by atoms with Crippen molar-refractivity contribution in [2.45, 2.75) is 25.3 Å². The first-order valence-corrected chi connectivity index (χ1v) is 6.63. The summed E-state index contributed by atoms with van der Waals surface area (Å²) in [6.45, 7) is 4.02. The highest BCUT2D eigenvalue weighted by Gasteiger charge is 2.28. The Morgan fingerprint density at radius 2 is 2.16 bits per heavy atom. The quantitative estimate of drug-likeness (QED) is 0.763. The Balaban J connectivity index is 1.79. The summed E-state index contributed by atoms with van der Waals surface area (Å²) in [5.74, 6) is -0.0131. The molecular formula is C14H18N4O. The first-order chi connectivity index (χ1) is 9.16. The lowest BCUT2D eigenvalue weighted by atomic mass is 9.90. The van der Waals surface area contributed by atoms with Crippen LogP contribution in [0.5, 0.6) is 0 Å². The summed E-state index contributed by atoms with van der Waals surface area (Å²) in [6.07, 6.45) is 3.68. The first kappa shape index (κ1) is 12.2. The molecule has 1 aliphatic heterocycles. The van der Waals surface area contributed by atoms with Gasteiger partial charge in [0.25, 0.3) is 5.91 Å². The third kappa shape index (κ3) is 2.46. The third-order valence-electron chi connectivity index (χ3n) is 3.83. The van der Waals surface area contributed by atoms with Gasteiger partial charge in [-0.25, -0.2) is 0 Å². The van der Waals surface area contributed by atoms with E-state index >= 15 is 0 Å². The number of aromatic amines is 1. The predicted octanol–water partition coefficient (Wildman–Crippen LogP) is 1.43. The van der Waals surface area contributed by atoms with Crippen LogP contribution in [0.1, 0.15) is 30.1 Å². The molecule has 0 bridgehead atoms. The second-order valence-corrected chi connectivity index (χ2v) is 5.44. The summed E-state index contributed by atoms with van der Waals surface area (Å²) in [4.78, 5) is 12.3. The summed E-state index contributed by atoms with van der Waals surface area (Å²) < 4.78 is 0. The second-order valence-electron chi connectivity index (χ2n) is 5.44. The highest BCUT2D eigenvalue weighted by molar-refractivity contribution is 5.98. The number of aromatic nitrogens is 2. The molecule has 2 heterocycles. The SMILES string of the molecule is CC1(NC(=O)c2ccc3cn[nH]c3c2)CCNCC1. The normalized spacial score (nSPS) is 18.4. The molecule has 3 rings (SSSR count). The van der Waals surface area contributed by atoms with E-state index in [1.807, 2.05) is 18.2 Å². The van der Waals surface area contributed by atoms with E-state index in [1.165, 1.54) is 0 Å². The van der Waals surface area contributed by atoms with Crippen LogP contribution in [0.2, 0.25) is 0 Å². The molecule has 19 heavy (non-hydrogen) atoms. The van der Waals surface area contributed by atoms with Crippen molar-refractivity contribution in [2.75, 3.05) is 13.1 Å². The molecule has 3 N–H and O–H groups in total. The van der Waals surface area contributed by atoms with Crippen LogP contribution >= 0.6 is 0 Å². The van der Waals surface area contributed by atoms with Gasteiger partial charge in [0.2, 0.25) is 0 Å². The average molecular weight is 258 g/mol. The molecular weight excluding hydrogens is 240 g/mol. The Hall–Kier alpha value is -1.88. The van der Waals surface area contributed by atoms with Crippen molar-refractivity contribution in [2.24, 2.45) is 0 Å². The molecule has 0 unspecified atom stereocenters. The number of amides is 1. The highest BCUT2D eigenvalue weighted by Crippen LogP contribution is 2.19. The molecule has 5 heteroatoms. The monoisotopic (exact) mass is 258 g/mol. The van der Waals surface area contributed by atoms with Gasteiger partial charge < -0.3 is 10.6 Å². The van der Waals surface area contributed by atoms with Gasteiger partial charge in [-0.05, 0) is 45.0 Å². The summed E-state index contributed by atoms with van der Waals surface area (Å²) in [7, 11) is 0. The van der Waals surface area contributed by atoms with Crippen LogP contribution in [0.4, 0.5) is 0 Å². The Bertz CT molecular complexity index is 598. The molecule has 1 aliphatic rings. The fourth-order valence-corrected chi connectivity index (χ4v) is 2.53. The van der Waals surface area contributed by atoms with Crippen molar-refractivity contribution in [1.29, 1.82) is 0 Å². The topological polar surface area (TPSA) is 69.8 Å². The molecule has 1 aromatic carbocycles. The Morgan fingerprint density at radius 3 is 2.95 bits per heavy atom. The van der Waals surface area contributed by atoms with Gasteiger partial charge in [0, 0.05) is 16.5 Å². The fraction of sp³-hybridized carbons (Fsp3) is 0.429. The van der Waals surface area contributed by atoms with Crippen LogP contribution in [0, 0.1) is 0 Å². The van der Waals surface area contributed by atoms with Crippen molar-refractivity contribution < 1.29 is 4.79 Å². The average Bonchev–Trinajstić information content (AvgIpc) is 2.86. The van der Waals surface area contributed by atoms with Gasteiger partial charge >= 0.3 is 0 Å². The zero-order valence-electron chi connectivity index (χ0n) is 11.0. The lowest BCUT2D eigenvalue weighted by molar-refractivity contribution is 0.0887. The minimum atomic E-state index is -0.106.